The number of aromatic nitrogens is 2. The molecule has 4 rings (SSSR count). The molecule has 7 heteroatoms. The largest absolute Gasteiger partial charge is 0.368 e. The van der Waals surface area contributed by atoms with Crippen LogP contribution < -0.4 is 10.5 Å². The number of nitrogens with one attached hydrogen (secondary N) is 1. The molecule has 0 aliphatic carbocycles. The minimum absolute atomic E-state index is 0.00262. The number of rotatable bonds is 3. The number of piperazine rings is 1. The molecule has 0 saturated carbocycles. The average Bonchev–Trinajstić information content (AvgIpc) is 3.23. The summed E-state index contributed by atoms with van der Waals surface area (Å²) in [7, 11) is 0. The Hall–Kier alpha value is -2.93. The third-order valence-electron chi connectivity index (χ3n) is 4.79. The Bertz CT molecular complexity index is 985. The number of hydrogen-bond acceptors (Lipinski definition) is 5. The number of nitrogens with zero attached hydrogens (tertiary/aromatic N) is 3. The van der Waals surface area contributed by atoms with Crippen LogP contribution in [0.1, 0.15) is 17.3 Å². The summed E-state index contributed by atoms with van der Waals surface area (Å²) >= 11 is 1.49. The van der Waals surface area contributed by atoms with Crippen molar-refractivity contribution in [3.05, 3.63) is 70.0 Å². The zero-order valence-corrected chi connectivity index (χ0v) is 15.8. The summed E-state index contributed by atoms with van der Waals surface area (Å²) in [6.45, 7) is 4.04. The zero-order chi connectivity index (χ0) is 18.8. The number of carbonyl (C=O) groups excluding carboxylic acids is 1. The molecule has 2 aromatic heterocycles. The van der Waals surface area contributed by atoms with Crippen LogP contribution in [0.5, 0.6) is 0 Å². The summed E-state index contributed by atoms with van der Waals surface area (Å²) in [6.07, 6.45) is 1.40. The molecule has 1 saturated heterocycles. The van der Waals surface area contributed by atoms with Gasteiger partial charge in [-0.15, -0.1) is 11.3 Å². The summed E-state index contributed by atoms with van der Waals surface area (Å²) in [5, 5.41) is 1.92. The van der Waals surface area contributed by atoms with Crippen LogP contribution >= 0.6 is 11.3 Å². The van der Waals surface area contributed by atoms with Gasteiger partial charge in [-0.2, -0.15) is 0 Å². The molecule has 6 nitrogen and oxygen atoms in total. The predicted octanol–water partition coefficient (Wildman–Crippen LogP) is 2.85. The quantitative estimate of drug-likeness (QED) is 0.759. The van der Waals surface area contributed by atoms with Crippen molar-refractivity contribution in [1.29, 1.82) is 0 Å². The molecule has 3 heterocycles. The first kappa shape index (κ1) is 17.5. The fourth-order valence-electron chi connectivity index (χ4n) is 3.37. The maximum atomic E-state index is 12.9. The van der Waals surface area contributed by atoms with Crippen LogP contribution in [0.4, 0.5) is 5.69 Å². The molecule has 138 valence electrons. The van der Waals surface area contributed by atoms with Gasteiger partial charge >= 0.3 is 0 Å². The molecular formula is C20H20N4O2S. The number of thiophene rings is 1. The van der Waals surface area contributed by atoms with E-state index in [4.69, 9.17) is 0 Å². The second-order valence-corrected chi connectivity index (χ2v) is 7.53. The zero-order valence-electron chi connectivity index (χ0n) is 15.0. The Morgan fingerprint density at radius 1 is 1.19 bits per heavy atom. The first-order chi connectivity index (χ1) is 13.1. The van der Waals surface area contributed by atoms with E-state index in [9.17, 15) is 9.59 Å². The van der Waals surface area contributed by atoms with Crippen LogP contribution in [-0.2, 0) is 0 Å². The number of para-hydroxylation sites is 1. The van der Waals surface area contributed by atoms with E-state index >= 15 is 0 Å². The summed E-state index contributed by atoms with van der Waals surface area (Å²) < 4.78 is 0. The SMILES string of the molecule is C[C@H]1CN(c2ccccc2)CCN1C(=O)c1cnc(-c2cccs2)[nH]c1=O. The van der Waals surface area contributed by atoms with Crippen molar-refractivity contribution in [2.45, 2.75) is 13.0 Å². The van der Waals surface area contributed by atoms with Gasteiger partial charge in [-0.25, -0.2) is 4.98 Å². The van der Waals surface area contributed by atoms with E-state index in [0.717, 1.165) is 23.7 Å². The van der Waals surface area contributed by atoms with Gasteiger partial charge in [-0.1, -0.05) is 24.3 Å². The van der Waals surface area contributed by atoms with Gasteiger partial charge < -0.3 is 14.8 Å². The van der Waals surface area contributed by atoms with Crippen LogP contribution in [0.2, 0.25) is 0 Å². The molecule has 1 N–H and O–H groups in total. The number of amides is 1. The Balaban J connectivity index is 1.51. The van der Waals surface area contributed by atoms with Crippen molar-refractivity contribution in [2.75, 3.05) is 24.5 Å². The van der Waals surface area contributed by atoms with Gasteiger partial charge in [0.05, 0.1) is 4.88 Å². The van der Waals surface area contributed by atoms with Gasteiger partial charge in [0.2, 0.25) is 0 Å². The van der Waals surface area contributed by atoms with Crippen molar-refractivity contribution in [2.24, 2.45) is 0 Å². The second kappa shape index (κ2) is 7.36. The lowest BCUT2D eigenvalue weighted by Gasteiger charge is -2.40. The van der Waals surface area contributed by atoms with Gasteiger partial charge in [-0.05, 0) is 30.5 Å². The van der Waals surface area contributed by atoms with Crippen molar-refractivity contribution in [3.8, 4) is 10.7 Å². The number of anilines is 1. The number of carbonyl (C=O) groups is 1. The van der Waals surface area contributed by atoms with E-state index < -0.39 is 5.56 Å². The van der Waals surface area contributed by atoms with E-state index in [1.807, 2.05) is 42.6 Å². The topological polar surface area (TPSA) is 69.3 Å². The van der Waals surface area contributed by atoms with Crippen LogP contribution in [0.15, 0.2) is 58.8 Å². The lowest BCUT2D eigenvalue weighted by molar-refractivity contribution is 0.0672. The monoisotopic (exact) mass is 380 g/mol. The Morgan fingerprint density at radius 3 is 2.67 bits per heavy atom. The van der Waals surface area contributed by atoms with E-state index in [2.05, 4.69) is 27.0 Å². The third kappa shape index (κ3) is 3.50. The fraction of sp³-hybridized carbons (Fsp3) is 0.250. The molecule has 1 aliphatic heterocycles. The molecule has 1 aliphatic rings. The smallest absolute Gasteiger partial charge is 0.264 e. The highest BCUT2D eigenvalue weighted by Crippen LogP contribution is 2.21. The fourth-order valence-corrected chi connectivity index (χ4v) is 4.05. The summed E-state index contributed by atoms with van der Waals surface area (Å²) in [6, 6.07) is 13.9. The lowest BCUT2D eigenvalue weighted by Crippen LogP contribution is -2.54. The van der Waals surface area contributed by atoms with Crippen molar-refractivity contribution >= 4 is 22.9 Å². The normalized spacial score (nSPS) is 17.1. The maximum absolute atomic E-state index is 12.9. The Morgan fingerprint density at radius 2 is 2.00 bits per heavy atom. The minimum atomic E-state index is -0.393. The van der Waals surface area contributed by atoms with Gasteiger partial charge in [0.15, 0.2) is 0 Å². The number of aromatic amines is 1. The average molecular weight is 380 g/mol. The minimum Gasteiger partial charge on any atom is -0.368 e. The molecular weight excluding hydrogens is 360 g/mol. The highest BCUT2D eigenvalue weighted by atomic mass is 32.1. The number of hydrogen-bond donors (Lipinski definition) is 1. The molecule has 0 bridgehead atoms. The van der Waals surface area contributed by atoms with Crippen LogP contribution in [0, 0.1) is 0 Å². The van der Waals surface area contributed by atoms with E-state index in [0.29, 0.717) is 12.4 Å². The van der Waals surface area contributed by atoms with Crippen LogP contribution in [-0.4, -0.2) is 46.5 Å². The van der Waals surface area contributed by atoms with E-state index in [1.165, 1.54) is 17.5 Å². The van der Waals surface area contributed by atoms with Crippen molar-refractivity contribution < 1.29 is 4.79 Å². The number of H-pyrrole nitrogens is 1. The molecule has 3 aromatic rings. The van der Waals surface area contributed by atoms with Gasteiger partial charge in [-0.3, -0.25) is 9.59 Å². The van der Waals surface area contributed by atoms with Gasteiger partial charge in [0, 0.05) is 37.6 Å². The predicted molar refractivity (Wildman–Crippen MR) is 107 cm³/mol. The highest BCUT2D eigenvalue weighted by Gasteiger charge is 2.29. The van der Waals surface area contributed by atoms with Crippen molar-refractivity contribution in [1.82, 2.24) is 14.9 Å². The molecule has 0 spiro atoms. The van der Waals surface area contributed by atoms with Crippen LogP contribution in [0.25, 0.3) is 10.7 Å². The maximum Gasteiger partial charge on any atom is 0.264 e. The number of benzene rings is 1. The molecule has 1 aromatic carbocycles. The van der Waals surface area contributed by atoms with E-state index in [-0.39, 0.29) is 17.5 Å². The molecule has 0 radical (unpaired) electrons. The first-order valence-corrected chi connectivity index (χ1v) is 9.75. The Kier molecular flexibility index (Phi) is 4.77. The Labute approximate surface area is 161 Å². The summed E-state index contributed by atoms with van der Waals surface area (Å²) in [5.74, 6) is 0.232. The summed E-state index contributed by atoms with van der Waals surface area (Å²) in [4.78, 5) is 37.3. The molecule has 27 heavy (non-hydrogen) atoms. The molecule has 0 unspecified atom stereocenters. The van der Waals surface area contributed by atoms with E-state index in [1.54, 1.807) is 4.90 Å². The highest BCUT2D eigenvalue weighted by molar-refractivity contribution is 7.13. The standard InChI is InChI=1S/C20H20N4O2S/c1-14-13-23(15-6-3-2-4-7-15)9-10-24(14)20(26)16-12-21-18(22-19(16)25)17-8-5-11-27-17/h2-8,11-12,14H,9-10,13H2,1H3,(H,21,22,25)/t14-/m0/s1. The van der Waals surface area contributed by atoms with Crippen molar-refractivity contribution in [3.63, 3.8) is 0 Å². The van der Waals surface area contributed by atoms with Crippen LogP contribution in [0.3, 0.4) is 0 Å². The summed E-state index contributed by atoms with van der Waals surface area (Å²) in [5.41, 5.74) is 0.850. The third-order valence-corrected chi connectivity index (χ3v) is 5.67. The molecule has 1 amide bonds. The van der Waals surface area contributed by atoms with Gasteiger partial charge in [0.1, 0.15) is 11.4 Å². The first-order valence-electron chi connectivity index (χ1n) is 8.87. The molecule has 1 atom stereocenters. The van der Waals surface area contributed by atoms with Gasteiger partial charge in [0.25, 0.3) is 11.5 Å². The lowest BCUT2D eigenvalue weighted by atomic mass is 10.1. The molecule has 1 fully saturated rings. The second-order valence-electron chi connectivity index (χ2n) is 6.58.